The van der Waals surface area contributed by atoms with Gasteiger partial charge in [0.05, 0.1) is 30.4 Å². The van der Waals surface area contributed by atoms with E-state index in [4.69, 9.17) is 10.5 Å². The van der Waals surface area contributed by atoms with Crippen LogP contribution in [0.3, 0.4) is 0 Å². The van der Waals surface area contributed by atoms with Crippen LogP contribution in [-0.2, 0) is 0 Å². The first-order valence-electron chi connectivity index (χ1n) is 6.21. The minimum atomic E-state index is -0.0504. The molecule has 4 nitrogen and oxygen atoms in total. The molecule has 0 amide bonds. The molecule has 4 heteroatoms. The Morgan fingerprint density at radius 3 is 2.53 bits per heavy atom. The van der Waals surface area contributed by atoms with Gasteiger partial charge in [0.2, 0.25) is 0 Å². The Morgan fingerprint density at radius 1 is 1.21 bits per heavy atom. The van der Waals surface area contributed by atoms with Crippen molar-refractivity contribution in [2.24, 2.45) is 5.73 Å². The number of methoxy groups -OCH3 is 1. The van der Waals surface area contributed by atoms with Gasteiger partial charge in [-0.25, -0.2) is 0 Å². The van der Waals surface area contributed by atoms with Crippen molar-refractivity contribution in [3.8, 4) is 5.75 Å². The van der Waals surface area contributed by atoms with Crippen molar-refractivity contribution in [1.82, 2.24) is 4.98 Å². The van der Waals surface area contributed by atoms with Gasteiger partial charge in [0.1, 0.15) is 5.75 Å². The van der Waals surface area contributed by atoms with Gasteiger partial charge in [-0.2, -0.15) is 0 Å². The van der Waals surface area contributed by atoms with Crippen LogP contribution in [-0.4, -0.2) is 19.1 Å². The van der Waals surface area contributed by atoms with E-state index in [1.54, 1.807) is 7.11 Å². The van der Waals surface area contributed by atoms with Crippen LogP contribution in [0.25, 0.3) is 0 Å². The lowest BCUT2D eigenvalue weighted by molar-refractivity contribution is 0.415. The normalized spacial score (nSPS) is 12.0. The number of hydrogen-bond acceptors (Lipinski definition) is 4. The van der Waals surface area contributed by atoms with Gasteiger partial charge in [0.25, 0.3) is 0 Å². The van der Waals surface area contributed by atoms with Crippen molar-refractivity contribution < 1.29 is 4.74 Å². The Hall–Kier alpha value is -2.07. The lowest BCUT2D eigenvalue weighted by Gasteiger charge is -2.21. The van der Waals surface area contributed by atoms with E-state index in [0.29, 0.717) is 0 Å². The second kappa shape index (κ2) is 5.71. The maximum absolute atomic E-state index is 5.80. The molecule has 0 fully saturated rings. The maximum atomic E-state index is 5.80. The van der Waals surface area contributed by atoms with E-state index in [2.05, 4.69) is 4.98 Å². The summed E-state index contributed by atoms with van der Waals surface area (Å²) in [6.07, 6.45) is 1.82. The number of pyridine rings is 1. The fraction of sp³-hybridized carbons (Fsp3) is 0.267. The van der Waals surface area contributed by atoms with Gasteiger partial charge in [-0.1, -0.05) is 12.1 Å². The van der Waals surface area contributed by atoms with E-state index in [-0.39, 0.29) is 6.04 Å². The molecule has 0 aliphatic rings. The molecule has 0 saturated heterocycles. The van der Waals surface area contributed by atoms with Crippen LogP contribution < -0.4 is 15.4 Å². The topological polar surface area (TPSA) is 51.4 Å². The smallest absolute Gasteiger partial charge is 0.142 e. The first kappa shape index (κ1) is 13.4. The van der Waals surface area contributed by atoms with Crippen LogP contribution in [0.5, 0.6) is 5.75 Å². The minimum absolute atomic E-state index is 0.0504. The van der Waals surface area contributed by atoms with Gasteiger partial charge in [-0.05, 0) is 31.2 Å². The van der Waals surface area contributed by atoms with Crippen LogP contribution >= 0.6 is 0 Å². The average Bonchev–Trinajstić information content (AvgIpc) is 2.46. The molecule has 2 N–H and O–H groups in total. The summed E-state index contributed by atoms with van der Waals surface area (Å²) < 4.78 is 5.37. The molecular formula is C15H19N3O. The highest BCUT2D eigenvalue weighted by molar-refractivity contribution is 5.68. The predicted molar refractivity (Wildman–Crippen MR) is 77.9 cm³/mol. The van der Waals surface area contributed by atoms with E-state index in [1.807, 2.05) is 61.5 Å². The lowest BCUT2D eigenvalue weighted by atomic mass is 10.2. The summed E-state index contributed by atoms with van der Waals surface area (Å²) in [5, 5.41) is 0. The van der Waals surface area contributed by atoms with Crippen LogP contribution in [0.2, 0.25) is 0 Å². The summed E-state index contributed by atoms with van der Waals surface area (Å²) in [4.78, 5) is 6.41. The fourth-order valence-corrected chi connectivity index (χ4v) is 1.91. The van der Waals surface area contributed by atoms with Gasteiger partial charge < -0.3 is 15.4 Å². The first-order valence-corrected chi connectivity index (χ1v) is 6.21. The summed E-state index contributed by atoms with van der Waals surface area (Å²) in [5.74, 6) is 0.835. The van der Waals surface area contributed by atoms with Crippen LogP contribution in [0.15, 0.2) is 42.6 Å². The van der Waals surface area contributed by atoms with Crippen LogP contribution in [0.4, 0.5) is 11.4 Å². The number of para-hydroxylation sites is 2. The molecule has 0 saturated carbocycles. The standard InChI is InChI=1S/C15H19N3O/c1-11(16)13-9-8-12(10-17-13)18(2)14-6-4-5-7-15(14)19-3/h4-11H,16H2,1-3H3/t11-/m0/s1. The second-order valence-electron chi connectivity index (χ2n) is 4.46. The van der Waals surface area contributed by atoms with Crippen LogP contribution in [0.1, 0.15) is 18.7 Å². The van der Waals surface area contributed by atoms with Gasteiger partial charge in [0, 0.05) is 13.1 Å². The highest BCUT2D eigenvalue weighted by atomic mass is 16.5. The summed E-state index contributed by atoms with van der Waals surface area (Å²) in [7, 11) is 3.66. The second-order valence-corrected chi connectivity index (χ2v) is 4.46. The van der Waals surface area contributed by atoms with Gasteiger partial charge >= 0.3 is 0 Å². The fourth-order valence-electron chi connectivity index (χ4n) is 1.91. The molecule has 1 atom stereocenters. The van der Waals surface area contributed by atoms with Gasteiger partial charge in [-0.15, -0.1) is 0 Å². The molecule has 0 aliphatic heterocycles. The van der Waals surface area contributed by atoms with Crippen molar-refractivity contribution in [1.29, 1.82) is 0 Å². The molecule has 1 aromatic carbocycles. The number of rotatable bonds is 4. The van der Waals surface area contributed by atoms with Crippen molar-refractivity contribution in [2.45, 2.75) is 13.0 Å². The summed E-state index contributed by atoms with van der Waals surface area (Å²) in [5.41, 5.74) is 8.68. The van der Waals surface area contributed by atoms with E-state index in [9.17, 15) is 0 Å². The zero-order chi connectivity index (χ0) is 13.8. The van der Waals surface area contributed by atoms with E-state index in [1.165, 1.54) is 0 Å². The third kappa shape index (κ3) is 2.85. The summed E-state index contributed by atoms with van der Waals surface area (Å²) >= 11 is 0. The number of nitrogens with two attached hydrogens (primary N) is 1. The molecular weight excluding hydrogens is 238 g/mol. The number of anilines is 2. The largest absolute Gasteiger partial charge is 0.495 e. The first-order chi connectivity index (χ1) is 9.13. The predicted octanol–water partition coefficient (Wildman–Crippen LogP) is 2.88. The Labute approximate surface area is 113 Å². The number of nitrogens with zero attached hydrogens (tertiary/aromatic N) is 2. The van der Waals surface area contributed by atoms with Gasteiger partial charge in [-0.3, -0.25) is 4.98 Å². The van der Waals surface area contributed by atoms with E-state index in [0.717, 1.165) is 22.8 Å². The van der Waals surface area contributed by atoms with Crippen molar-refractivity contribution in [2.75, 3.05) is 19.1 Å². The lowest BCUT2D eigenvalue weighted by Crippen LogP contribution is -2.12. The molecule has 1 heterocycles. The zero-order valence-corrected chi connectivity index (χ0v) is 11.5. The minimum Gasteiger partial charge on any atom is -0.495 e. The molecule has 0 unspecified atom stereocenters. The number of ether oxygens (including phenoxy) is 1. The quantitative estimate of drug-likeness (QED) is 0.915. The molecule has 19 heavy (non-hydrogen) atoms. The molecule has 1 aromatic heterocycles. The zero-order valence-electron chi connectivity index (χ0n) is 11.5. The number of aromatic nitrogens is 1. The third-order valence-electron chi connectivity index (χ3n) is 3.07. The van der Waals surface area contributed by atoms with Crippen molar-refractivity contribution >= 4 is 11.4 Å². The Bertz CT molecular complexity index is 537. The SMILES string of the molecule is COc1ccccc1N(C)c1ccc([C@H](C)N)nc1. The van der Waals surface area contributed by atoms with Crippen LogP contribution in [0, 0.1) is 0 Å². The maximum Gasteiger partial charge on any atom is 0.142 e. The molecule has 0 bridgehead atoms. The average molecular weight is 257 g/mol. The van der Waals surface area contributed by atoms with E-state index < -0.39 is 0 Å². The Morgan fingerprint density at radius 2 is 1.95 bits per heavy atom. The molecule has 0 spiro atoms. The highest BCUT2D eigenvalue weighted by Gasteiger charge is 2.10. The third-order valence-corrected chi connectivity index (χ3v) is 3.07. The Balaban J connectivity index is 2.30. The van der Waals surface area contributed by atoms with Crippen molar-refractivity contribution in [3.63, 3.8) is 0 Å². The monoisotopic (exact) mass is 257 g/mol. The van der Waals surface area contributed by atoms with Crippen molar-refractivity contribution in [3.05, 3.63) is 48.3 Å². The molecule has 0 radical (unpaired) electrons. The molecule has 2 aromatic rings. The van der Waals surface area contributed by atoms with E-state index >= 15 is 0 Å². The Kier molecular flexibility index (Phi) is 4.02. The number of hydrogen-bond donors (Lipinski definition) is 1. The highest BCUT2D eigenvalue weighted by Crippen LogP contribution is 2.31. The molecule has 2 rings (SSSR count). The summed E-state index contributed by atoms with van der Waals surface area (Å²) in [6, 6.07) is 11.8. The molecule has 100 valence electrons. The van der Waals surface area contributed by atoms with Gasteiger partial charge in [0.15, 0.2) is 0 Å². The molecule has 0 aliphatic carbocycles. The summed E-state index contributed by atoms with van der Waals surface area (Å²) in [6.45, 7) is 1.92. The number of benzene rings is 1.